The van der Waals surface area contributed by atoms with Gasteiger partial charge in [-0.15, -0.1) is 0 Å². The zero-order valence-electron chi connectivity index (χ0n) is 12.6. The third-order valence-electron chi connectivity index (χ3n) is 2.52. The van der Waals surface area contributed by atoms with Crippen LogP contribution in [0.2, 0.25) is 0 Å². The summed E-state index contributed by atoms with van der Waals surface area (Å²) < 4.78 is 18.7. The van der Waals surface area contributed by atoms with E-state index in [-0.39, 0.29) is 12.4 Å². The molecule has 0 aliphatic rings. The van der Waals surface area contributed by atoms with Crippen molar-refractivity contribution in [3.63, 3.8) is 0 Å². The minimum atomic E-state index is -0.516. The van der Waals surface area contributed by atoms with Crippen molar-refractivity contribution in [1.82, 2.24) is 5.32 Å². The van der Waals surface area contributed by atoms with E-state index < -0.39 is 11.7 Å². The quantitative estimate of drug-likeness (QED) is 0.820. The van der Waals surface area contributed by atoms with Gasteiger partial charge in [0, 0.05) is 12.1 Å². The van der Waals surface area contributed by atoms with Crippen LogP contribution in [0, 0.1) is 5.82 Å². The molecule has 2 N–H and O–H groups in total. The topological polar surface area (TPSA) is 58.6 Å². The Bertz CT molecular complexity index is 507. The van der Waals surface area contributed by atoms with Crippen LogP contribution in [0.4, 0.5) is 9.18 Å². The molecule has 1 rings (SSSR count). The molecule has 0 saturated carbocycles. The van der Waals surface area contributed by atoms with Gasteiger partial charge in [-0.05, 0) is 38.8 Å². The molecule has 5 heteroatoms. The second-order valence-corrected chi connectivity index (χ2v) is 5.63. The maximum Gasteiger partial charge on any atom is 0.407 e. The van der Waals surface area contributed by atoms with E-state index in [2.05, 4.69) is 5.32 Å². The van der Waals surface area contributed by atoms with Crippen molar-refractivity contribution in [3.05, 3.63) is 41.2 Å². The molecule has 1 amide bonds. The third kappa shape index (κ3) is 6.90. The molecule has 0 aliphatic carbocycles. The number of benzene rings is 1. The second-order valence-electron chi connectivity index (χ2n) is 5.63. The number of carbonyl (C=O) groups excluding carboxylic acids is 1. The second kappa shape index (κ2) is 7.78. The SMILES string of the molecule is CC(C)(C)OC(=O)NCCC=Cc1ccc(CO)cc1F. The van der Waals surface area contributed by atoms with Gasteiger partial charge < -0.3 is 15.2 Å². The van der Waals surface area contributed by atoms with Gasteiger partial charge in [0.1, 0.15) is 11.4 Å². The predicted octanol–water partition coefficient (Wildman–Crippen LogP) is 3.25. The highest BCUT2D eigenvalue weighted by Crippen LogP contribution is 2.12. The Morgan fingerprint density at radius 1 is 1.43 bits per heavy atom. The average molecular weight is 295 g/mol. The molecule has 0 aromatic heterocycles. The van der Waals surface area contributed by atoms with E-state index >= 15 is 0 Å². The maximum atomic E-state index is 13.6. The fourth-order valence-corrected chi connectivity index (χ4v) is 1.59. The largest absolute Gasteiger partial charge is 0.444 e. The van der Waals surface area contributed by atoms with Gasteiger partial charge in [0.2, 0.25) is 0 Å². The molecule has 0 aliphatic heterocycles. The van der Waals surface area contributed by atoms with Gasteiger partial charge in [-0.2, -0.15) is 0 Å². The molecule has 116 valence electrons. The van der Waals surface area contributed by atoms with E-state index in [0.29, 0.717) is 24.1 Å². The van der Waals surface area contributed by atoms with Crippen LogP contribution in [-0.4, -0.2) is 23.3 Å². The Morgan fingerprint density at radius 2 is 2.14 bits per heavy atom. The molecule has 0 unspecified atom stereocenters. The molecule has 0 saturated heterocycles. The molecule has 1 aromatic carbocycles. The molecule has 21 heavy (non-hydrogen) atoms. The van der Waals surface area contributed by atoms with E-state index in [1.807, 2.05) is 0 Å². The summed E-state index contributed by atoms with van der Waals surface area (Å²) in [7, 11) is 0. The van der Waals surface area contributed by atoms with E-state index in [9.17, 15) is 9.18 Å². The smallest absolute Gasteiger partial charge is 0.407 e. The lowest BCUT2D eigenvalue weighted by Gasteiger charge is -2.19. The Hall–Kier alpha value is -1.88. The highest BCUT2D eigenvalue weighted by molar-refractivity contribution is 5.67. The number of amides is 1. The van der Waals surface area contributed by atoms with Crippen LogP contribution in [0.25, 0.3) is 6.08 Å². The summed E-state index contributed by atoms with van der Waals surface area (Å²) in [5.74, 6) is -0.377. The number of rotatable bonds is 5. The van der Waals surface area contributed by atoms with Gasteiger partial charge in [-0.25, -0.2) is 9.18 Å². The van der Waals surface area contributed by atoms with Crippen LogP contribution in [0.15, 0.2) is 24.3 Å². The molecular formula is C16H22FNO3. The Morgan fingerprint density at radius 3 is 2.71 bits per heavy atom. The first kappa shape index (κ1) is 17.2. The van der Waals surface area contributed by atoms with Crippen LogP contribution in [0.5, 0.6) is 0 Å². The van der Waals surface area contributed by atoms with Crippen LogP contribution in [0.3, 0.4) is 0 Å². The summed E-state index contributed by atoms with van der Waals surface area (Å²) in [5, 5.41) is 11.5. The average Bonchev–Trinajstić information content (AvgIpc) is 2.37. The first-order chi connectivity index (χ1) is 9.81. The van der Waals surface area contributed by atoms with Crippen molar-refractivity contribution in [2.45, 2.75) is 39.4 Å². The van der Waals surface area contributed by atoms with E-state index in [4.69, 9.17) is 9.84 Å². The Balaban J connectivity index is 2.37. The number of ether oxygens (including phenoxy) is 1. The molecule has 0 bridgehead atoms. The molecule has 0 spiro atoms. The zero-order chi connectivity index (χ0) is 15.9. The fraction of sp³-hybridized carbons (Fsp3) is 0.438. The maximum absolute atomic E-state index is 13.6. The lowest BCUT2D eigenvalue weighted by Crippen LogP contribution is -2.32. The first-order valence-corrected chi connectivity index (χ1v) is 6.84. The van der Waals surface area contributed by atoms with Crippen molar-refractivity contribution >= 4 is 12.2 Å². The first-order valence-electron chi connectivity index (χ1n) is 6.84. The van der Waals surface area contributed by atoms with Gasteiger partial charge in [0.15, 0.2) is 0 Å². The standard InChI is InChI=1S/C16H22FNO3/c1-16(2,3)21-15(20)18-9-5-4-6-13-8-7-12(11-19)10-14(13)17/h4,6-8,10,19H,5,9,11H2,1-3H3,(H,18,20). The van der Waals surface area contributed by atoms with Gasteiger partial charge >= 0.3 is 6.09 Å². The summed E-state index contributed by atoms with van der Waals surface area (Å²) in [4.78, 5) is 11.4. The van der Waals surface area contributed by atoms with Gasteiger partial charge in [-0.3, -0.25) is 0 Å². The van der Waals surface area contributed by atoms with Crippen molar-refractivity contribution in [1.29, 1.82) is 0 Å². The number of hydrogen-bond donors (Lipinski definition) is 2. The number of carbonyl (C=O) groups is 1. The fourth-order valence-electron chi connectivity index (χ4n) is 1.59. The van der Waals surface area contributed by atoms with Gasteiger partial charge in [0.25, 0.3) is 0 Å². The van der Waals surface area contributed by atoms with Crippen molar-refractivity contribution < 1.29 is 19.0 Å². The summed E-state index contributed by atoms with van der Waals surface area (Å²) in [6, 6.07) is 4.58. The highest BCUT2D eigenvalue weighted by Gasteiger charge is 2.15. The zero-order valence-corrected chi connectivity index (χ0v) is 12.6. The number of alkyl carbamates (subject to hydrolysis) is 1. The van der Waals surface area contributed by atoms with Crippen molar-refractivity contribution in [2.24, 2.45) is 0 Å². The predicted molar refractivity (Wildman–Crippen MR) is 80.2 cm³/mol. The number of aliphatic hydroxyl groups excluding tert-OH is 1. The summed E-state index contributed by atoms with van der Waals surface area (Å²) in [6.07, 6.45) is 3.52. The Kier molecular flexibility index (Phi) is 6.37. The lowest BCUT2D eigenvalue weighted by molar-refractivity contribution is 0.0529. The molecule has 4 nitrogen and oxygen atoms in total. The molecule has 0 atom stereocenters. The molecule has 0 radical (unpaired) electrons. The number of halogens is 1. The van der Waals surface area contributed by atoms with E-state index in [0.717, 1.165) is 0 Å². The van der Waals surface area contributed by atoms with Crippen LogP contribution >= 0.6 is 0 Å². The van der Waals surface area contributed by atoms with E-state index in [1.54, 1.807) is 45.1 Å². The van der Waals surface area contributed by atoms with Crippen LogP contribution in [0.1, 0.15) is 38.3 Å². The van der Waals surface area contributed by atoms with Gasteiger partial charge in [0.05, 0.1) is 6.61 Å². The van der Waals surface area contributed by atoms with E-state index in [1.165, 1.54) is 6.07 Å². The van der Waals surface area contributed by atoms with Crippen molar-refractivity contribution in [3.8, 4) is 0 Å². The molecule has 1 aromatic rings. The molecular weight excluding hydrogens is 273 g/mol. The minimum Gasteiger partial charge on any atom is -0.444 e. The summed E-state index contributed by atoms with van der Waals surface area (Å²) >= 11 is 0. The van der Waals surface area contributed by atoms with Crippen LogP contribution < -0.4 is 5.32 Å². The monoisotopic (exact) mass is 295 g/mol. The lowest BCUT2D eigenvalue weighted by atomic mass is 10.1. The van der Waals surface area contributed by atoms with Crippen LogP contribution in [-0.2, 0) is 11.3 Å². The molecule has 0 fully saturated rings. The van der Waals surface area contributed by atoms with Crippen molar-refractivity contribution in [2.75, 3.05) is 6.54 Å². The minimum absolute atomic E-state index is 0.180. The number of nitrogens with one attached hydrogen (secondary N) is 1. The normalized spacial score (nSPS) is 11.7. The third-order valence-corrected chi connectivity index (χ3v) is 2.52. The summed E-state index contributed by atoms with van der Waals surface area (Å²) in [6.45, 7) is 5.63. The highest BCUT2D eigenvalue weighted by atomic mass is 19.1. The molecule has 0 heterocycles. The number of hydrogen-bond acceptors (Lipinski definition) is 3. The summed E-state index contributed by atoms with van der Waals surface area (Å²) in [5.41, 5.74) is 0.470. The number of aliphatic hydroxyl groups is 1. The Labute approximate surface area is 124 Å². The van der Waals surface area contributed by atoms with Gasteiger partial charge in [-0.1, -0.05) is 24.3 Å².